The van der Waals surface area contributed by atoms with Gasteiger partial charge in [-0.15, -0.1) is 0 Å². The molecule has 0 bridgehead atoms. The molecule has 3 atom stereocenters. The summed E-state index contributed by atoms with van der Waals surface area (Å²) in [7, 11) is 0. The molecule has 0 aromatic heterocycles. The van der Waals surface area contributed by atoms with Crippen molar-refractivity contribution in [1.29, 1.82) is 0 Å². The van der Waals surface area contributed by atoms with E-state index in [-0.39, 0.29) is 76.4 Å². The van der Waals surface area contributed by atoms with Crippen molar-refractivity contribution in [3.8, 4) is 0 Å². The molecule has 1 fully saturated rings. The van der Waals surface area contributed by atoms with Crippen LogP contribution in [0, 0.1) is 5.92 Å². The van der Waals surface area contributed by atoms with Gasteiger partial charge in [-0.05, 0) is 57.2 Å². The number of piperidine rings is 1. The maximum absolute atomic E-state index is 13.0. The van der Waals surface area contributed by atoms with Gasteiger partial charge in [-0.2, -0.15) is 0 Å². The first-order chi connectivity index (χ1) is 24.5. The van der Waals surface area contributed by atoms with Gasteiger partial charge < -0.3 is 56.7 Å². The first-order valence-electron chi connectivity index (χ1n) is 17.0. The molecular weight excluding hydrogens is 668 g/mol. The van der Waals surface area contributed by atoms with Crippen molar-refractivity contribution in [3.05, 3.63) is 29.8 Å². The molecule has 0 aliphatic carbocycles. The number of primary amides is 1. The second kappa shape index (κ2) is 24.4. The Morgan fingerprint density at radius 3 is 2.27 bits per heavy atom. The third kappa shape index (κ3) is 17.6. The van der Waals surface area contributed by atoms with E-state index in [2.05, 4.69) is 31.9 Å². The predicted molar refractivity (Wildman–Crippen MR) is 185 cm³/mol. The molecule has 1 aliphatic rings. The number of benzene rings is 1. The van der Waals surface area contributed by atoms with Crippen molar-refractivity contribution in [3.63, 3.8) is 0 Å². The molecule has 18 nitrogen and oxygen atoms in total. The van der Waals surface area contributed by atoms with Crippen LogP contribution in [0.3, 0.4) is 0 Å². The minimum Gasteiger partial charge on any atom is -0.377 e. The lowest BCUT2D eigenvalue weighted by Crippen LogP contribution is -2.49. The Balaban J connectivity index is 1.61. The fraction of sp³-hybridized carbons (Fsp3) is 0.606. The summed E-state index contributed by atoms with van der Waals surface area (Å²) >= 11 is 0. The molecule has 1 heterocycles. The standard InChI is InChI=1S/C33H52N8O10/c1-3-36-31(46)25-10-12-41(23(2)17-25)30(45)21-51-16-14-49-13-15-50-20-29(44)38-19-28(43)40-27(5-4-11-37-33(34)48)32(47)39-26-8-6-24(7-9-26)18-35-22-42/h6-9,22-23,25,27H,3-5,10-21H2,1-2H3,(H,35,42)(H,36,46)(H,38,44)(H,39,47)(H,40,43)(H3,34,37,48). The normalized spacial score (nSPS) is 15.9. The van der Waals surface area contributed by atoms with Crippen LogP contribution in [0.1, 0.15) is 45.1 Å². The van der Waals surface area contributed by atoms with E-state index < -0.39 is 36.3 Å². The van der Waals surface area contributed by atoms with Crippen molar-refractivity contribution in [2.75, 3.05) is 71.1 Å². The highest BCUT2D eigenvalue weighted by atomic mass is 16.5. The second-order valence-corrected chi connectivity index (χ2v) is 11.8. The number of anilines is 1. The summed E-state index contributed by atoms with van der Waals surface area (Å²) in [4.78, 5) is 85.5. The van der Waals surface area contributed by atoms with Crippen molar-refractivity contribution in [2.45, 2.75) is 58.2 Å². The Kier molecular flexibility index (Phi) is 20.2. The lowest BCUT2D eigenvalue weighted by atomic mass is 9.91. The van der Waals surface area contributed by atoms with Gasteiger partial charge in [0.1, 0.15) is 19.3 Å². The fourth-order valence-electron chi connectivity index (χ4n) is 5.20. The summed E-state index contributed by atoms with van der Waals surface area (Å²) < 4.78 is 16.1. The third-order valence-corrected chi connectivity index (χ3v) is 7.80. The summed E-state index contributed by atoms with van der Waals surface area (Å²) in [5.41, 5.74) is 6.38. The van der Waals surface area contributed by atoms with Crippen molar-refractivity contribution < 1.29 is 47.8 Å². The lowest BCUT2D eigenvalue weighted by Gasteiger charge is -2.37. The van der Waals surface area contributed by atoms with Crippen LogP contribution in [0.2, 0.25) is 0 Å². The molecule has 1 aromatic carbocycles. The summed E-state index contributed by atoms with van der Waals surface area (Å²) in [6.07, 6.45) is 2.33. The van der Waals surface area contributed by atoms with Crippen LogP contribution in [-0.4, -0.2) is 125 Å². The molecule has 18 heteroatoms. The number of likely N-dealkylation sites (tertiary alicyclic amines) is 1. The maximum atomic E-state index is 13.0. The number of urea groups is 1. The predicted octanol–water partition coefficient (Wildman–Crippen LogP) is -1.27. The molecule has 2 rings (SSSR count). The Labute approximate surface area is 297 Å². The van der Waals surface area contributed by atoms with Gasteiger partial charge in [0.2, 0.25) is 35.9 Å². The summed E-state index contributed by atoms with van der Waals surface area (Å²) in [6, 6.07) is 5.02. The van der Waals surface area contributed by atoms with Gasteiger partial charge in [0.15, 0.2) is 0 Å². The van der Waals surface area contributed by atoms with E-state index in [0.29, 0.717) is 51.0 Å². The average Bonchev–Trinajstić information content (AvgIpc) is 3.10. The molecule has 0 saturated carbocycles. The SMILES string of the molecule is CCNC(=O)C1CCN(C(=O)COCCOCCOCC(=O)NCC(=O)NC(CCCNC(N)=O)C(=O)Nc2ccc(CNC=O)cc2)C(C)C1. The molecule has 3 unspecified atom stereocenters. The summed E-state index contributed by atoms with van der Waals surface area (Å²) in [5, 5.41) is 15.5. The van der Waals surface area contributed by atoms with Gasteiger partial charge in [-0.3, -0.25) is 28.8 Å². The van der Waals surface area contributed by atoms with Gasteiger partial charge in [-0.25, -0.2) is 4.79 Å². The van der Waals surface area contributed by atoms with E-state index in [0.717, 1.165) is 5.56 Å². The minimum absolute atomic E-state index is 0.0289. The number of hydrogen-bond acceptors (Lipinski definition) is 10. The van der Waals surface area contributed by atoms with E-state index in [1.54, 1.807) is 29.2 Å². The number of nitrogens with two attached hydrogens (primary N) is 1. The van der Waals surface area contributed by atoms with Gasteiger partial charge in [0, 0.05) is 43.8 Å². The highest BCUT2D eigenvalue weighted by molar-refractivity contribution is 5.97. The Bertz CT molecular complexity index is 1280. The van der Waals surface area contributed by atoms with Crippen LogP contribution in [0.4, 0.5) is 10.5 Å². The molecule has 1 aliphatic heterocycles. The fourth-order valence-corrected chi connectivity index (χ4v) is 5.20. The van der Waals surface area contributed by atoms with Crippen molar-refractivity contribution >= 4 is 47.7 Å². The zero-order valence-corrected chi connectivity index (χ0v) is 29.3. The first-order valence-corrected chi connectivity index (χ1v) is 17.0. The van der Waals surface area contributed by atoms with Gasteiger partial charge in [-0.1, -0.05) is 12.1 Å². The van der Waals surface area contributed by atoms with Crippen LogP contribution in [0.5, 0.6) is 0 Å². The van der Waals surface area contributed by atoms with Crippen molar-refractivity contribution in [1.82, 2.24) is 31.5 Å². The van der Waals surface area contributed by atoms with E-state index in [1.165, 1.54) is 0 Å². The van der Waals surface area contributed by atoms with Crippen LogP contribution < -0.4 is 37.6 Å². The zero-order valence-electron chi connectivity index (χ0n) is 29.3. The minimum atomic E-state index is -0.975. The van der Waals surface area contributed by atoms with E-state index in [9.17, 15) is 33.6 Å². The number of rotatable bonds is 24. The molecule has 51 heavy (non-hydrogen) atoms. The number of hydrogen-bond donors (Lipinski definition) is 7. The van der Waals surface area contributed by atoms with Gasteiger partial charge in [0.25, 0.3) is 0 Å². The third-order valence-electron chi connectivity index (χ3n) is 7.80. The number of amides is 8. The van der Waals surface area contributed by atoms with Gasteiger partial charge in [0.05, 0.1) is 33.0 Å². The average molecular weight is 721 g/mol. The molecule has 284 valence electrons. The molecule has 1 aromatic rings. The number of ether oxygens (including phenoxy) is 3. The summed E-state index contributed by atoms with van der Waals surface area (Å²) in [5.74, 6) is -1.86. The number of carbonyl (C=O) groups is 7. The lowest BCUT2D eigenvalue weighted by molar-refractivity contribution is -0.143. The highest BCUT2D eigenvalue weighted by Crippen LogP contribution is 2.23. The van der Waals surface area contributed by atoms with Crippen LogP contribution in [0.25, 0.3) is 0 Å². The summed E-state index contributed by atoms with van der Waals surface area (Å²) in [6.45, 7) is 5.30. The van der Waals surface area contributed by atoms with Crippen LogP contribution in [-0.2, 0) is 49.5 Å². The monoisotopic (exact) mass is 720 g/mol. The largest absolute Gasteiger partial charge is 0.377 e. The second-order valence-electron chi connectivity index (χ2n) is 11.8. The number of carbonyl (C=O) groups excluding carboxylic acids is 7. The van der Waals surface area contributed by atoms with E-state index in [4.69, 9.17) is 19.9 Å². The van der Waals surface area contributed by atoms with Crippen LogP contribution in [0.15, 0.2) is 24.3 Å². The smallest absolute Gasteiger partial charge is 0.312 e. The molecule has 1 saturated heterocycles. The van der Waals surface area contributed by atoms with Crippen LogP contribution >= 0.6 is 0 Å². The Hall–Kier alpha value is -4.81. The highest BCUT2D eigenvalue weighted by Gasteiger charge is 2.32. The zero-order chi connectivity index (χ0) is 37.4. The molecule has 8 N–H and O–H groups in total. The Morgan fingerprint density at radius 2 is 1.63 bits per heavy atom. The van der Waals surface area contributed by atoms with E-state index in [1.807, 2.05) is 13.8 Å². The first kappa shape index (κ1) is 42.4. The molecule has 0 spiro atoms. The number of nitrogens with one attached hydrogen (secondary N) is 6. The molecule has 8 amide bonds. The molecular formula is C33H52N8O10. The quantitative estimate of drug-likeness (QED) is 0.0493. The van der Waals surface area contributed by atoms with Crippen molar-refractivity contribution in [2.24, 2.45) is 11.7 Å². The topological polar surface area (TPSA) is 249 Å². The molecule has 0 radical (unpaired) electrons. The van der Waals surface area contributed by atoms with Gasteiger partial charge >= 0.3 is 6.03 Å². The maximum Gasteiger partial charge on any atom is 0.312 e. The number of nitrogens with zero attached hydrogens (tertiary/aromatic N) is 1. The van der Waals surface area contributed by atoms with E-state index >= 15 is 0 Å². The Morgan fingerprint density at radius 1 is 0.941 bits per heavy atom.